The number of aromatic nitrogens is 2. The normalized spacial score (nSPS) is 10.7. The van der Waals surface area contributed by atoms with E-state index in [0.717, 1.165) is 22.5 Å². The van der Waals surface area contributed by atoms with Crippen molar-refractivity contribution in [3.63, 3.8) is 0 Å². The molecule has 0 aliphatic heterocycles. The van der Waals surface area contributed by atoms with E-state index in [1.807, 2.05) is 50.4 Å². The Morgan fingerprint density at radius 2 is 1.86 bits per heavy atom. The van der Waals surface area contributed by atoms with E-state index in [0.29, 0.717) is 30.1 Å². The lowest BCUT2D eigenvalue weighted by Gasteiger charge is -2.11. The van der Waals surface area contributed by atoms with Gasteiger partial charge in [-0.25, -0.2) is 4.68 Å². The Morgan fingerprint density at radius 3 is 2.54 bits per heavy atom. The summed E-state index contributed by atoms with van der Waals surface area (Å²) in [6, 6.07) is 11.7. The Hall–Kier alpha value is -2.93. The van der Waals surface area contributed by atoms with Crippen LogP contribution < -0.4 is 10.6 Å². The van der Waals surface area contributed by atoms with Crippen LogP contribution in [0.5, 0.6) is 0 Å². The summed E-state index contributed by atoms with van der Waals surface area (Å²) in [7, 11) is 0. The molecule has 1 aromatic carbocycles. The molecule has 28 heavy (non-hydrogen) atoms. The molecule has 2 N–H and O–H groups in total. The van der Waals surface area contributed by atoms with E-state index < -0.39 is 0 Å². The molecular formula is C21H24N4O2S. The number of nitrogens with zero attached hydrogens (tertiary/aromatic N) is 2. The fourth-order valence-corrected chi connectivity index (χ4v) is 3.65. The Bertz CT molecular complexity index is 956. The van der Waals surface area contributed by atoms with E-state index in [-0.39, 0.29) is 11.8 Å². The van der Waals surface area contributed by atoms with E-state index in [2.05, 4.69) is 21.8 Å². The van der Waals surface area contributed by atoms with Gasteiger partial charge in [0, 0.05) is 19.0 Å². The number of hydrogen-bond donors (Lipinski definition) is 2. The molecule has 0 atom stereocenters. The lowest BCUT2D eigenvalue weighted by Crippen LogP contribution is -2.24. The summed E-state index contributed by atoms with van der Waals surface area (Å²) < 4.78 is 1.76. The van der Waals surface area contributed by atoms with Crippen LogP contribution in [0.4, 0.5) is 5.82 Å². The van der Waals surface area contributed by atoms with Crippen molar-refractivity contribution in [2.75, 3.05) is 11.9 Å². The van der Waals surface area contributed by atoms with Crippen LogP contribution >= 0.6 is 11.3 Å². The molecule has 0 unspecified atom stereocenters. The molecule has 0 aliphatic carbocycles. The van der Waals surface area contributed by atoms with Gasteiger partial charge in [-0.3, -0.25) is 9.59 Å². The van der Waals surface area contributed by atoms with Crippen molar-refractivity contribution in [3.8, 4) is 5.69 Å². The van der Waals surface area contributed by atoms with Crippen LogP contribution in [0.3, 0.4) is 0 Å². The maximum atomic E-state index is 12.3. The molecule has 0 saturated heterocycles. The minimum atomic E-state index is -0.101. The van der Waals surface area contributed by atoms with E-state index in [1.165, 1.54) is 11.3 Å². The van der Waals surface area contributed by atoms with E-state index in [9.17, 15) is 9.59 Å². The molecule has 0 aliphatic rings. The number of aryl methyl sites for hydroxylation is 3. The maximum absolute atomic E-state index is 12.3. The predicted octanol–water partition coefficient (Wildman–Crippen LogP) is 4.01. The third kappa shape index (κ3) is 5.07. The fraction of sp³-hybridized carbons (Fsp3) is 0.286. The van der Waals surface area contributed by atoms with Crippen LogP contribution in [-0.2, 0) is 4.79 Å². The summed E-state index contributed by atoms with van der Waals surface area (Å²) >= 11 is 1.40. The highest BCUT2D eigenvalue weighted by atomic mass is 32.1. The zero-order valence-electron chi connectivity index (χ0n) is 16.3. The van der Waals surface area contributed by atoms with Crippen molar-refractivity contribution in [3.05, 3.63) is 63.5 Å². The molecule has 0 saturated carbocycles. The van der Waals surface area contributed by atoms with Gasteiger partial charge in [-0.05, 0) is 61.9 Å². The number of rotatable bonds is 7. The minimum absolute atomic E-state index is 0.0982. The quantitative estimate of drug-likeness (QED) is 0.593. The van der Waals surface area contributed by atoms with Gasteiger partial charge < -0.3 is 10.6 Å². The topological polar surface area (TPSA) is 76.0 Å². The largest absolute Gasteiger partial charge is 0.351 e. The van der Waals surface area contributed by atoms with Gasteiger partial charge in [-0.2, -0.15) is 5.10 Å². The maximum Gasteiger partial charge on any atom is 0.261 e. The summed E-state index contributed by atoms with van der Waals surface area (Å²) in [6.45, 7) is 6.43. The zero-order valence-corrected chi connectivity index (χ0v) is 17.1. The van der Waals surface area contributed by atoms with Crippen molar-refractivity contribution in [1.29, 1.82) is 0 Å². The SMILES string of the molecule is Cc1cc(C)cc(-n2nc(C)cc2NC(=O)CCCNC(=O)c2cccs2)c1. The molecule has 3 rings (SSSR count). The first-order valence-corrected chi connectivity index (χ1v) is 10.1. The van der Waals surface area contributed by atoms with E-state index in [1.54, 1.807) is 10.7 Å². The van der Waals surface area contributed by atoms with Crippen molar-refractivity contribution < 1.29 is 9.59 Å². The number of carbonyl (C=O) groups excluding carboxylic acids is 2. The van der Waals surface area contributed by atoms with Crippen LogP contribution in [0, 0.1) is 20.8 Å². The standard InChI is InChI=1S/C21H24N4O2S/c1-14-10-15(2)12-17(11-14)25-19(13-16(3)24-25)23-20(26)7-4-8-22-21(27)18-6-5-9-28-18/h5-6,9-13H,4,7-8H2,1-3H3,(H,22,27)(H,23,26). The summed E-state index contributed by atoms with van der Waals surface area (Å²) in [5.74, 6) is 0.449. The number of carbonyl (C=O) groups is 2. The summed E-state index contributed by atoms with van der Waals surface area (Å²) in [5, 5.41) is 12.1. The molecule has 2 heterocycles. The van der Waals surface area contributed by atoms with Crippen LogP contribution in [-0.4, -0.2) is 28.1 Å². The Kier molecular flexibility index (Phi) is 6.26. The highest BCUT2D eigenvalue weighted by Gasteiger charge is 2.12. The zero-order chi connectivity index (χ0) is 20.1. The van der Waals surface area contributed by atoms with Gasteiger partial charge in [-0.15, -0.1) is 11.3 Å². The summed E-state index contributed by atoms with van der Waals surface area (Å²) in [6.07, 6.45) is 0.890. The van der Waals surface area contributed by atoms with Gasteiger partial charge in [0.2, 0.25) is 5.91 Å². The molecule has 6 nitrogen and oxygen atoms in total. The first-order valence-electron chi connectivity index (χ1n) is 9.19. The molecule has 0 bridgehead atoms. The fourth-order valence-electron chi connectivity index (χ4n) is 3.01. The number of benzene rings is 1. The molecule has 0 fully saturated rings. The monoisotopic (exact) mass is 396 g/mol. The third-order valence-electron chi connectivity index (χ3n) is 4.16. The molecule has 7 heteroatoms. The second-order valence-corrected chi connectivity index (χ2v) is 7.76. The lowest BCUT2D eigenvalue weighted by molar-refractivity contribution is -0.116. The summed E-state index contributed by atoms with van der Waals surface area (Å²) in [5.41, 5.74) is 4.03. The minimum Gasteiger partial charge on any atom is -0.351 e. The summed E-state index contributed by atoms with van der Waals surface area (Å²) in [4.78, 5) is 24.9. The first-order chi connectivity index (χ1) is 13.4. The Balaban J connectivity index is 1.56. The molecule has 3 aromatic rings. The molecule has 146 valence electrons. The van der Waals surface area contributed by atoms with E-state index in [4.69, 9.17) is 0 Å². The van der Waals surface area contributed by atoms with Crippen molar-refractivity contribution in [2.24, 2.45) is 0 Å². The van der Waals surface area contributed by atoms with Gasteiger partial charge in [-0.1, -0.05) is 12.1 Å². The smallest absolute Gasteiger partial charge is 0.261 e. The van der Waals surface area contributed by atoms with Crippen molar-refractivity contribution in [2.45, 2.75) is 33.6 Å². The predicted molar refractivity (Wildman–Crippen MR) is 112 cm³/mol. The Morgan fingerprint density at radius 1 is 1.11 bits per heavy atom. The molecular weight excluding hydrogens is 372 g/mol. The van der Waals surface area contributed by atoms with Gasteiger partial charge in [0.05, 0.1) is 16.3 Å². The average molecular weight is 397 g/mol. The second-order valence-electron chi connectivity index (χ2n) is 6.81. The van der Waals surface area contributed by atoms with Crippen LogP contribution in [0.1, 0.15) is 39.3 Å². The third-order valence-corrected chi connectivity index (χ3v) is 5.03. The number of nitrogens with one attached hydrogen (secondary N) is 2. The van der Waals surface area contributed by atoms with Crippen molar-refractivity contribution in [1.82, 2.24) is 15.1 Å². The van der Waals surface area contributed by atoms with Gasteiger partial charge in [0.15, 0.2) is 0 Å². The highest BCUT2D eigenvalue weighted by molar-refractivity contribution is 7.12. The molecule has 2 aromatic heterocycles. The molecule has 0 spiro atoms. The lowest BCUT2D eigenvalue weighted by atomic mass is 10.1. The van der Waals surface area contributed by atoms with Crippen LogP contribution in [0.15, 0.2) is 41.8 Å². The first kappa shape index (κ1) is 19.8. The van der Waals surface area contributed by atoms with Crippen LogP contribution in [0.2, 0.25) is 0 Å². The average Bonchev–Trinajstić information content (AvgIpc) is 3.27. The van der Waals surface area contributed by atoms with Gasteiger partial charge >= 0.3 is 0 Å². The number of amides is 2. The van der Waals surface area contributed by atoms with Crippen molar-refractivity contribution >= 4 is 29.0 Å². The molecule has 2 amide bonds. The highest BCUT2D eigenvalue weighted by Crippen LogP contribution is 2.20. The van der Waals surface area contributed by atoms with Crippen LogP contribution in [0.25, 0.3) is 5.69 Å². The molecule has 0 radical (unpaired) electrons. The second kappa shape index (κ2) is 8.84. The number of hydrogen-bond acceptors (Lipinski definition) is 4. The van der Waals surface area contributed by atoms with Gasteiger partial charge in [0.25, 0.3) is 5.91 Å². The van der Waals surface area contributed by atoms with Gasteiger partial charge in [0.1, 0.15) is 5.82 Å². The number of anilines is 1. The van der Waals surface area contributed by atoms with E-state index >= 15 is 0 Å². The Labute approximate surface area is 168 Å². The number of thiophene rings is 1.